The Labute approximate surface area is 162 Å². The van der Waals surface area contributed by atoms with E-state index in [1.54, 1.807) is 36.0 Å². The van der Waals surface area contributed by atoms with E-state index >= 15 is 0 Å². The molecule has 0 unspecified atom stereocenters. The molecule has 0 aliphatic heterocycles. The Morgan fingerprint density at radius 1 is 1.11 bits per heavy atom. The molecule has 0 radical (unpaired) electrons. The van der Waals surface area contributed by atoms with Crippen LogP contribution in [0, 0.1) is 0 Å². The van der Waals surface area contributed by atoms with Crippen LogP contribution in [0.25, 0.3) is 6.08 Å². The summed E-state index contributed by atoms with van der Waals surface area (Å²) < 4.78 is 4.92. The van der Waals surface area contributed by atoms with Crippen molar-refractivity contribution in [1.82, 2.24) is 5.32 Å². The number of hydrogen-bond acceptors (Lipinski definition) is 5. The molecule has 0 bridgehead atoms. The standard InChI is InChI=1S/C20H20N2O4S/c1-21-20(25)15-4-3-5-16(12-15)22-18(23)13-26-19(24)11-8-14-6-9-17(27-2)10-7-14/h3-12H,13H2,1-2H3,(H,21,25)(H,22,23)/b11-8+. The highest BCUT2D eigenvalue weighted by Gasteiger charge is 2.08. The van der Waals surface area contributed by atoms with Gasteiger partial charge in [0.1, 0.15) is 0 Å². The summed E-state index contributed by atoms with van der Waals surface area (Å²) >= 11 is 1.64. The van der Waals surface area contributed by atoms with Crippen LogP contribution in [0.1, 0.15) is 15.9 Å². The summed E-state index contributed by atoms with van der Waals surface area (Å²) in [5, 5.41) is 5.09. The third-order valence-electron chi connectivity index (χ3n) is 3.51. The van der Waals surface area contributed by atoms with Gasteiger partial charge in [0.2, 0.25) is 0 Å². The maximum atomic E-state index is 11.9. The predicted molar refractivity (Wildman–Crippen MR) is 107 cm³/mol. The van der Waals surface area contributed by atoms with Gasteiger partial charge in [-0.15, -0.1) is 11.8 Å². The van der Waals surface area contributed by atoms with Gasteiger partial charge in [0.15, 0.2) is 6.61 Å². The summed E-state index contributed by atoms with van der Waals surface area (Å²) in [4.78, 5) is 36.4. The van der Waals surface area contributed by atoms with Crippen molar-refractivity contribution in [1.29, 1.82) is 0 Å². The third-order valence-corrected chi connectivity index (χ3v) is 4.25. The summed E-state index contributed by atoms with van der Waals surface area (Å²) in [6.07, 6.45) is 4.88. The molecule has 0 saturated carbocycles. The largest absolute Gasteiger partial charge is 0.452 e. The van der Waals surface area contributed by atoms with Crippen LogP contribution in [0.15, 0.2) is 59.5 Å². The number of ether oxygens (including phenoxy) is 1. The van der Waals surface area contributed by atoms with Crippen molar-refractivity contribution < 1.29 is 19.1 Å². The molecule has 7 heteroatoms. The predicted octanol–water partition coefficient (Wildman–Crippen LogP) is 2.96. The van der Waals surface area contributed by atoms with Gasteiger partial charge < -0.3 is 15.4 Å². The van der Waals surface area contributed by atoms with Crippen LogP contribution in [0.3, 0.4) is 0 Å². The summed E-state index contributed by atoms with van der Waals surface area (Å²) in [5.74, 6) is -1.36. The highest BCUT2D eigenvalue weighted by molar-refractivity contribution is 7.98. The number of thioether (sulfide) groups is 1. The lowest BCUT2D eigenvalue weighted by molar-refractivity contribution is -0.142. The van der Waals surface area contributed by atoms with E-state index in [-0.39, 0.29) is 5.91 Å². The second-order valence-electron chi connectivity index (χ2n) is 5.42. The van der Waals surface area contributed by atoms with Gasteiger partial charge in [-0.2, -0.15) is 0 Å². The molecular weight excluding hydrogens is 364 g/mol. The average molecular weight is 384 g/mol. The minimum atomic E-state index is -0.613. The van der Waals surface area contributed by atoms with E-state index in [9.17, 15) is 14.4 Å². The van der Waals surface area contributed by atoms with Gasteiger partial charge in [-0.1, -0.05) is 18.2 Å². The van der Waals surface area contributed by atoms with Crippen LogP contribution in [0.2, 0.25) is 0 Å². The van der Waals surface area contributed by atoms with Crippen molar-refractivity contribution in [3.8, 4) is 0 Å². The number of benzene rings is 2. The summed E-state index contributed by atoms with van der Waals surface area (Å²) in [7, 11) is 1.53. The second-order valence-corrected chi connectivity index (χ2v) is 6.30. The Kier molecular flexibility index (Phi) is 7.63. The minimum absolute atomic E-state index is 0.256. The average Bonchev–Trinajstić information content (AvgIpc) is 2.70. The molecule has 0 atom stereocenters. The number of hydrogen-bond donors (Lipinski definition) is 2. The zero-order valence-electron chi connectivity index (χ0n) is 15.0. The van der Waals surface area contributed by atoms with Crippen LogP contribution < -0.4 is 10.6 Å². The second kappa shape index (κ2) is 10.2. The van der Waals surface area contributed by atoms with Gasteiger partial charge in [0, 0.05) is 29.3 Å². The van der Waals surface area contributed by atoms with E-state index in [0.717, 1.165) is 10.5 Å². The molecule has 2 rings (SSSR count). The normalized spacial score (nSPS) is 10.4. The fourth-order valence-electron chi connectivity index (χ4n) is 2.14. The van der Waals surface area contributed by atoms with Crippen molar-refractivity contribution in [2.45, 2.75) is 4.90 Å². The molecule has 0 aromatic heterocycles. The quantitative estimate of drug-likeness (QED) is 0.436. The molecule has 27 heavy (non-hydrogen) atoms. The molecule has 0 fully saturated rings. The zero-order valence-corrected chi connectivity index (χ0v) is 15.8. The van der Waals surface area contributed by atoms with Crippen LogP contribution in [-0.2, 0) is 14.3 Å². The number of anilines is 1. The molecule has 2 N–H and O–H groups in total. The van der Waals surface area contributed by atoms with Crippen LogP contribution in [-0.4, -0.2) is 37.7 Å². The summed E-state index contributed by atoms with van der Waals surface area (Å²) in [5.41, 5.74) is 1.73. The molecule has 6 nitrogen and oxygen atoms in total. The third kappa shape index (κ3) is 6.63. The fraction of sp³-hybridized carbons (Fsp3) is 0.150. The first-order valence-corrected chi connectivity index (χ1v) is 9.35. The van der Waals surface area contributed by atoms with Gasteiger partial charge >= 0.3 is 5.97 Å². The highest BCUT2D eigenvalue weighted by atomic mass is 32.2. The number of rotatable bonds is 7. The molecule has 2 amide bonds. The molecule has 0 aliphatic carbocycles. The van der Waals surface area contributed by atoms with E-state index in [0.29, 0.717) is 11.3 Å². The first-order chi connectivity index (χ1) is 13.0. The molecule has 0 saturated heterocycles. The molecule has 2 aromatic carbocycles. The lowest BCUT2D eigenvalue weighted by Crippen LogP contribution is -2.21. The Balaban J connectivity index is 1.83. The lowest BCUT2D eigenvalue weighted by Gasteiger charge is -2.07. The minimum Gasteiger partial charge on any atom is -0.452 e. The topological polar surface area (TPSA) is 84.5 Å². The molecule has 0 spiro atoms. The first kappa shape index (κ1) is 20.3. The Bertz CT molecular complexity index is 847. The van der Waals surface area contributed by atoms with Gasteiger partial charge in [-0.3, -0.25) is 9.59 Å². The van der Waals surface area contributed by atoms with Crippen LogP contribution in [0.4, 0.5) is 5.69 Å². The summed E-state index contributed by atoms with van der Waals surface area (Å²) in [6.45, 7) is -0.418. The SMILES string of the molecule is CNC(=O)c1cccc(NC(=O)COC(=O)/C=C/c2ccc(SC)cc2)c1. The van der Waals surface area contributed by atoms with E-state index in [1.165, 1.54) is 19.2 Å². The van der Waals surface area contributed by atoms with Crippen molar-refractivity contribution in [2.75, 3.05) is 25.2 Å². The van der Waals surface area contributed by atoms with E-state index in [4.69, 9.17) is 4.74 Å². The molecular formula is C20H20N2O4S. The maximum absolute atomic E-state index is 11.9. The molecule has 2 aromatic rings. The zero-order chi connectivity index (χ0) is 19.6. The monoisotopic (exact) mass is 384 g/mol. The molecule has 0 aliphatic rings. The highest BCUT2D eigenvalue weighted by Crippen LogP contribution is 2.15. The van der Waals surface area contributed by atoms with Crippen molar-refractivity contribution in [3.63, 3.8) is 0 Å². The summed E-state index contributed by atoms with van der Waals surface area (Å²) in [6, 6.07) is 14.2. The number of carbonyl (C=O) groups excluding carboxylic acids is 3. The van der Waals surface area contributed by atoms with E-state index < -0.39 is 18.5 Å². The molecule has 0 heterocycles. The fourth-order valence-corrected chi connectivity index (χ4v) is 2.55. The Morgan fingerprint density at radius 3 is 2.52 bits per heavy atom. The van der Waals surface area contributed by atoms with E-state index in [1.807, 2.05) is 30.5 Å². The lowest BCUT2D eigenvalue weighted by atomic mass is 10.2. The van der Waals surface area contributed by atoms with E-state index in [2.05, 4.69) is 10.6 Å². The number of amides is 2. The van der Waals surface area contributed by atoms with Crippen molar-refractivity contribution >= 4 is 41.3 Å². The van der Waals surface area contributed by atoms with Gasteiger partial charge in [-0.25, -0.2) is 4.79 Å². The number of carbonyl (C=O) groups is 3. The number of esters is 1. The van der Waals surface area contributed by atoms with Gasteiger partial charge in [0.05, 0.1) is 0 Å². The van der Waals surface area contributed by atoms with Gasteiger partial charge in [0.25, 0.3) is 11.8 Å². The Morgan fingerprint density at radius 2 is 1.85 bits per heavy atom. The van der Waals surface area contributed by atoms with Crippen molar-refractivity contribution in [2.24, 2.45) is 0 Å². The van der Waals surface area contributed by atoms with Crippen LogP contribution >= 0.6 is 11.8 Å². The first-order valence-electron chi connectivity index (χ1n) is 8.12. The van der Waals surface area contributed by atoms with Gasteiger partial charge in [-0.05, 0) is 48.2 Å². The smallest absolute Gasteiger partial charge is 0.331 e. The van der Waals surface area contributed by atoms with Crippen LogP contribution in [0.5, 0.6) is 0 Å². The molecule has 140 valence electrons. The maximum Gasteiger partial charge on any atom is 0.331 e. The Hall–Kier alpha value is -3.06. The van der Waals surface area contributed by atoms with Crippen molar-refractivity contribution in [3.05, 3.63) is 65.7 Å². The number of nitrogens with one attached hydrogen (secondary N) is 2.